The smallest absolute Gasteiger partial charge is 0.221 e. The predicted octanol–water partition coefficient (Wildman–Crippen LogP) is 3.23. The fourth-order valence-corrected chi connectivity index (χ4v) is 2.76. The van der Waals surface area contributed by atoms with Crippen molar-refractivity contribution in [1.29, 1.82) is 0 Å². The lowest BCUT2D eigenvalue weighted by molar-refractivity contribution is -0.114. The van der Waals surface area contributed by atoms with Gasteiger partial charge < -0.3 is 11.1 Å². The highest BCUT2D eigenvalue weighted by atomic mass is 16.1. The SMILES string of the molecule is CC(=O)Nc1ccc([C@H](N)C2CCCCC2)cc1. The van der Waals surface area contributed by atoms with Gasteiger partial charge in [-0.25, -0.2) is 0 Å². The van der Waals surface area contributed by atoms with Crippen molar-refractivity contribution in [2.24, 2.45) is 11.7 Å². The van der Waals surface area contributed by atoms with Crippen LogP contribution in [-0.4, -0.2) is 5.91 Å². The lowest BCUT2D eigenvalue weighted by atomic mass is 9.81. The average Bonchev–Trinajstić information content (AvgIpc) is 2.39. The van der Waals surface area contributed by atoms with Crippen LogP contribution in [0.1, 0.15) is 50.6 Å². The van der Waals surface area contributed by atoms with Crippen LogP contribution in [0.15, 0.2) is 24.3 Å². The largest absolute Gasteiger partial charge is 0.326 e. The average molecular weight is 246 g/mol. The van der Waals surface area contributed by atoms with Crippen molar-refractivity contribution in [3.8, 4) is 0 Å². The molecule has 0 saturated heterocycles. The Bertz CT molecular complexity index is 393. The third kappa shape index (κ3) is 3.33. The van der Waals surface area contributed by atoms with Crippen molar-refractivity contribution < 1.29 is 4.79 Å². The monoisotopic (exact) mass is 246 g/mol. The minimum absolute atomic E-state index is 0.0423. The van der Waals surface area contributed by atoms with Gasteiger partial charge in [0.2, 0.25) is 5.91 Å². The van der Waals surface area contributed by atoms with Gasteiger partial charge in [-0.05, 0) is 36.5 Å². The molecule has 0 aliphatic heterocycles. The van der Waals surface area contributed by atoms with Crippen molar-refractivity contribution in [2.45, 2.75) is 45.1 Å². The van der Waals surface area contributed by atoms with Gasteiger partial charge in [0.25, 0.3) is 0 Å². The van der Waals surface area contributed by atoms with Gasteiger partial charge in [0.15, 0.2) is 0 Å². The maximum Gasteiger partial charge on any atom is 0.221 e. The Hall–Kier alpha value is -1.35. The van der Waals surface area contributed by atoms with Crippen LogP contribution < -0.4 is 11.1 Å². The Morgan fingerprint density at radius 3 is 2.39 bits per heavy atom. The molecule has 0 aromatic heterocycles. The van der Waals surface area contributed by atoms with Crippen molar-refractivity contribution in [3.63, 3.8) is 0 Å². The number of hydrogen-bond acceptors (Lipinski definition) is 2. The fraction of sp³-hybridized carbons (Fsp3) is 0.533. The standard InChI is InChI=1S/C15H22N2O/c1-11(18)17-14-9-7-13(8-10-14)15(16)12-5-3-2-4-6-12/h7-10,12,15H,2-6,16H2,1H3,(H,17,18)/t15-/m1/s1. The molecule has 1 amide bonds. The molecule has 0 radical (unpaired) electrons. The second kappa shape index (κ2) is 6.01. The zero-order valence-corrected chi connectivity index (χ0v) is 11.0. The number of hydrogen-bond donors (Lipinski definition) is 2. The topological polar surface area (TPSA) is 55.1 Å². The van der Waals surface area contributed by atoms with E-state index in [9.17, 15) is 4.79 Å². The third-order valence-electron chi connectivity index (χ3n) is 3.77. The fourth-order valence-electron chi connectivity index (χ4n) is 2.76. The van der Waals surface area contributed by atoms with Crippen molar-refractivity contribution in [2.75, 3.05) is 5.32 Å². The van der Waals surface area contributed by atoms with Crippen molar-refractivity contribution in [3.05, 3.63) is 29.8 Å². The minimum atomic E-state index is -0.0423. The molecule has 1 atom stereocenters. The van der Waals surface area contributed by atoms with Crippen LogP contribution in [0.4, 0.5) is 5.69 Å². The Labute approximate surface area is 109 Å². The van der Waals surface area contributed by atoms with Gasteiger partial charge in [-0.2, -0.15) is 0 Å². The molecule has 1 saturated carbocycles. The molecule has 0 unspecified atom stereocenters. The molecule has 1 aliphatic rings. The maximum atomic E-state index is 10.9. The second-order valence-corrected chi connectivity index (χ2v) is 5.23. The lowest BCUT2D eigenvalue weighted by Gasteiger charge is -2.27. The number of benzene rings is 1. The summed E-state index contributed by atoms with van der Waals surface area (Å²) in [7, 11) is 0. The first-order chi connectivity index (χ1) is 8.66. The van der Waals surface area contributed by atoms with Crippen LogP contribution in [0.25, 0.3) is 0 Å². The summed E-state index contributed by atoms with van der Waals surface area (Å²) < 4.78 is 0. The molecule has 1 aromatic rings. The van der Waals surface area contributed by atoms with E-state index >= 15 is 0 Å². The maximum absolute atomic E-state index is 10.9. The number of amides is 1. The number of carbonyl (C=O) groups excluding carboxylic acids is 1. The van der Waals surface area contributed by atoms with Gasteiger partial charge >= 0.3 is 0 Å². The summed E-state index contributed by atoms with van der Waals surface area (Å²) in [5, 5.41) is 2.77. The van der Waals surface area contributed by atoms with E-state index < -0.39 is 0 Å². The molecule has 1 aromatic carbocycles. The van der Waals surface area contributed by atoms with Gasteiger partial charge in [-0.1, -0.05) is 31.4 Å². The molecule has 3 heteroatoms. The van der Waals surface area contributed by atoms with Crippen molar-refractivity contribution >= 4 is 11.6 Å². The van der Waals surface area contributed by atoms with Gasteiger partial charge in [-0.3, -0.25) is 4.79 Å². The third-order valence-corrected chi connectivity index (χ3v) is 3.77. The van der Waals surface area contributed by atoms with Gasteiger partial charge in [0.05, 0.1) is 0 Å². The molecule has 98 valence electrons. The van der Waals surface area contributed by atoms with E-state index in [1.54, 1.807) is 0 Å². The molecule has 3 nitrogen and oxygen atoms in total. The highest BCUT2D eigenvalue weighted by molar-refractivity contribution is 5.88. The molecule has 2 rings (SSSR count). The number of anilines is 1. The summed E-state index contributed by atoms with van der Waals surface area (Å²) in [6.07, 6.45) is 6.46. The first kappa shape index (κ1) is 13.1. The van der Waals surface area contributed by atoms with E-state index in [0.717, 1.165) is 5.69 Å². The van der Waals surface area contributed by atoms with E-state index in [0.29, 0.717) is 5.92 Å². The summed E-state index contributed by atoms with van der Waals surface area (Å²) in [4.78, 5) is 10.9. The minimum Gasteiger partial charge on any atom is -0.326 e. The van der Waals surface area contributed by atoms with E-state index in [1.165, 1.54) is 44.6 Å². The van der Waals surface area contributed by atoms with Crippen LogP contribution in [0.3, 0.4) is 0 Å². The summed E-state index contributed by atoms with van der Waals surface area (Å²) in [5.74, 6) is 0.574. The second-order valence-electron chi connectivity index (χ2n) is 5.23. The Kier molecular flexibility index (Phi) is 4.37. The number of nitrogens with one attached hydrogen (secondary N) is 1. The molecule has 3 N–H and O–H groups in total. The van der Waals surface area contributed by atoms with E-state index in [1.807, 2.05) is 24.3 Å². The van der Waals surface area contributed by atoms with Crippen LogP contribution in [0, 0.1) is 5.92 Å². The number of rotatable bonds is 3. The summed E-state index contributed by atoms with van der Waals surface area (Å²) in [6.45, 7) is 1.52. The molecule has 18 heavy (non-hydrogen) atoms. The summed E-state index contributed by atoms with van der Waals surface area (Å²) >= 11 is 0. The molecule has 1 fully saturated rings. The molecule has 0 spiro atoms. The molecular weight excluding hydrogens is 224 g/mol. The quantitative estimate of drug-likeness (QED) is 0.860. The van der Waals surface area contributed by atoms with E-state index in [-0.39, 0.29) is 11.9 Å². The summed E-state index contributed by atoms with van der Waals surface area (Å²) in [5.41, 5.74) is 8.35. The van der Waals surface area contributed by atoms with Gasteiger partial charge in [0.1, 0.15) is 0 Å². The van der Waals surface area contributed by atoms with Crippen LogP contribution in [0.2, 0.25) is 0 Å². The first-order valence-electron chi connectivity index (χ1n) is 6.80. The highest BCUT2D eigenvalue weighted by Crippen LogP contribution is 2.33. The van der Waals surface area contributed by atoms with Crippen LogP contribution >= 0.6 is 0 Å². The Morgan fingerprint density at radius 1 is 1.22 bits per heavy atom. The zero-order chi connectivity index (χ0) is 13.0. The molecular formula is C15H22N2O. The van der Waals surface area contributed by atoms with E-state index in [4.69, 9.17) is 5.73 Å². The molecule has 1 aliphatic carbocycles. The Morgan fingerprint density at radius 2 is 1.83 bits per heavy atom. The van der Waals surface area contributed by atoms with Gasteiger partial charge in [-0.15, -0.1) is 0 Å². The number of carbonyl (C=O) groups is 1. The summed E-state index contributed by atoms with van der Waals surface area (Å²) in [6, 6.07) is 8.06. The molecule has 0 bridgehead atoms. The Balaban J connectivity index is 2.01. The highest BCUT2D eigenvalue weighted by Gasteiger charge is 2.21. The predicted molar refractivity (Wildman–Crippen MR) is 74.2 cm³/mol. The lowest BCUT2D eigenvalue weighted by Crippen LogP contribution is -2.23. The first-order valence-corrected chi connectivity index (χ1v) is 6.80. The molecule has 0 heterocycles. The van der Waals surface area contributed by atoms with Gasteiger partial charge in [0, 0.05) is 18.7 Å². The van der Waals surface area contributed by atoms with Crippen molar-refractivity contribution in [1.82, 2.24) is 0 Å². The number of nitrogens with two attached hydrogens (primary N) is 1. The van der Waals surface area contributed by atoms with Crippen LogP contribution in [-0.2, 0) is 4.79 Å². The normalized spacial score (nSPS) is 18.3. The van der Waals surface area contributed by atoms with Crippen LogP contribution in [0.5, 0.6) is 0 Å². The zero-order valence-electron chi connectivity index (χ0n) is 11.0. The van der Waals surface area contributed by atoms with E-state index in [2.05, 4.69) is 5.32 Å².